The fraction of sp³-hybridized carbons (Fsp3) is 0.263. The third kappa shape index (κ3) is 3.27. The van der Waals surface area contributed by atoms with Gasteiger partial charge in [0.2, 0.25) is 0 Å². The molecule has 1 atom stereocenters. The lowest BCUT2D eigenvalue weighted by Crippen LogP contribution is -2.38. The van der Waals surface area contributed by atoms with Gasteiger partial charge in [-0.15, -0.1) is 11.3 Å². The van der Waals surface area contributed by atoms with E-state index in [1.165, 1.54) is 29.7 Å². The molecule has 0 spiro atoms. The van der Waals surface area contributed by atoms with E-state index < -0.39 is 5.91 Å². The van der Waals surface area contributed by atoms with E-state index in [-0.39, 0.29) is 5.82 Å². The van der Waals surface area contributed by atoms with Gasteiger partial charge in [0.05, 0.1) is 10.3 Å². The summed E-state index contributed by atoms with van der Waals surface area (Å²) in [4.78, 5) is 17.1. The zero-order valence-corrected chi connectivity index (χ0v) is 14.9. The minimum absolute atomic E-state index is 0.290. The molecular weight excluding hydrogens is 351 g/mol. The van der Waals surface area contributed by atoms with Crippen molar-refractivity contribution in [3.8, 4) is 10.4 Å². The Morgan fingerprint density at radius 1 is 1.38 bits per heavy atom. The summed E-state index contributed by atoms with van der Waals surface area (Å²) in [5.41, 5.74) is 6.67. The van der Waals surface area contributed by atoms with Crippen LogP contribution < -0.4 is 16.4 Å². The number of piperidine rings is 1. The molecule has 0 unspecified atom stereocenters. The summed E-state index contributed by atoms with van der Waals surface area (Å²) >= 11 is 1.49. The van der Waals surface area contributed by atoms with Gasteiger partial charge in [-0.1, -0.05) is 12.1 Å². The number of amides is 1. The Bertz CT molecular complexity index is 965. The zero-order valence-electron chi connectivity index (χ0n) is 14.1. The number of benzene rings is 1. The van der Waals surface area contributed by atoms with E-state index in [1.54, 1.807) is 6.07 Å². The highest BCUT2D eigenvalue weighted by molar-refractivity contribution is 7.22. The van der Waals surface area contributed by atoms with Crippen LogP contribution in [-0.2, 0) is 0 Å². The van der Waals surface area contributed by atoms with Gasteiger partial charge in [-0.05, 0) is 43.1 Å². The van der Waals surface area contributed by atoms with Gasteiger partial charge in [-0.3, -0.25) is 4.79 Å². The topological polar surface area (TPSA) is 80.0 Å². The highest BCUT2D eigenvalue weighted by Crippen LogP contribution is 2.38. The number of pyridine rings is 1. The Kier molecular flexibility index (Phi) is 4.57. The highest BCUT2D eigenvalue weighted by Gasteiger charge is 2.19. The van der Waals surface area contributed by atoms with Crippen LogP contribution in [0, 0.1) is 5.82 Å². The molecule has 1 amide bonds. The molecule has 5 nitrogen and oxygen atoms in total. The fourth-order valence-corrected chi connectivity index (χ4v) is 4.40. The summed E-state index contributed by atoms with van der Waals surface area (Å²) in [6.45, 7) is 1.91. The van der Waals surface area contributed by atoms with Gasteiger partial charge in [0.15, 0.2) is 0 Å². The largest absolute Gasteiger partial charge is 0.366 e. The molecule has 0 bridgehead atoms. The lowest BCUT2D eigenvalue weighted by molar-refractivity contribution is 0.100. The lowest BCUT2D eigenvalue weighted by atomic mass is 10.1. The molecule has 4 N–H and O–H groups in total. The van der Waals surface area contributed by atoms with E-state index in [0.29, 0.717) is 11.6 Å². The van der Waals surface area contributed by atoms with Gasteiger partial charge in [-0.2, -0.15) is 0 Å². The highest BCUT2D eigenvalue weighted by atomic mass is 32.1. The zero-order chi connectivity index (χ0) is 18.1. The fourth-order valence-electron chi connectivity index (χ4n) is 3.28. The van der Waals surface area contributed by atoms with Crippen molar-refractivity contribution in [1.29, 1.82) is 0 Å². The van der Waals surface area contributed by atoms with E-state index in [0.717, 1.165) is 52.3 Å². The third-order valence-electron chi connectivity index (χ3n) is 4.57. The first-order chi connectivity index (χ1) is 12.6. The molecule has 134 valence electrons. The standard InChI is InChI=1S/C19H19FN4OS/c20-12-4-1-3-11(7-12)16-8-14-15(18(21)25)10-23-19(17(14)26-16)24-13-5-2-6-22-9-13/h1,3-4,7-8,10,13,22H,2,5-6,9H2,(H2,21,25)(H,23,24)/t13-/m0/s1. The van der Waals surface area contributed by atoms with Crippen LogP contribution in [0.4, 0.5) is 10.2 Å². The van der Waals surface area contributed by atoms with Gasteiger partial charge in [-0.25, -0.2) is 9.37 Å². The Hall–Kier alpha value is -2.51. The molecule has 1 aliphatic heterocycles. The molecule has 2 aromatic heterocycles. The minimum Gasteiger partial charge on any atom is -0.366 e. The molecule has 4 rings (SSSR count). The number of nitrogens with zero attached hydrogens (tertiary/aromatic N) is 1. The number of hydrogen-bond donors (Lipinski definition) is 3. The maximum absolute atomic E-state index is 13.6. The van der Waals surface area contributed by atoms with Gasteiger partial charge in [0, 0.05) is 29.0 Å². The number of nitrogens with two attached hydrogens (primary N) is 1. The normalized spacial score (nSPS) is 17.3. The number of hydrogen-bond acceptors (Lipinski definition) is 5. The van der Waals surface area contributed by atoms with Crippen LogP contribution >= 0.6 is 11.3 Å². The summed E-state index contributed by atoms with van der Waals surface area (Å²) in [6.07, 6.45) is 3.69. The quantitative estimate of drug-likeness (QED) is 0.658. The van der Waals surface area contributed by atoms with Crippen molar-refractivity contribution >= 4 is 33.1 Å². The smallest absolute Gasteiger partial charge is 0.250 e. The second kappa shape index (κ2) is 7.01. The Morgan fingerprint density at radius 2 is 2.27 bits per heavy atom. The van der Waals surface area contributed by atoms with E-state index in [1.807, 2.05) is 12.1 Å². The van der Waals surface area contributed by atoms with Crippen molar-refractivity contribution in [3.63, 3.8) is 0 Å². The predicted molar refractivity (Wildman–Crippen MR) is 103 cm³/mol. The maximum atomic E-state index is 13.6. The average molecular weight is 370 g/mol. The summed E-state index contributed by atoms with van der Waals surface area (Å²) in [5.74, 6) is -0.0665. The maximum Gasteiger partial charge on any atom is 0.250 e. The molecule has 1 fully saturated rings. The number of nitrogens with one attached hydrogen (secondary N) is 2. The molecule has 0 saturated carbocycles. The van der Waals surface area contributed by atoms with Gasteiger partial charge in [0.1, 0.15) is 11.6 Å². The lowest BCUT2D eigenvalue weighted by Gasteiger charge is -2.24. The van der Waals surface area contributed by atoms with Crippen LogP contribution in [0.25, 0.3) is 20.5 Å². The second-order valence-corrected chi connectivity index (χ2v) is 7.49. The van der Waals surface area contributed by atoms with Crippen molar-refractivity contribution < 1.29 is 9.18 Å². The first kappa shape index (κ1) is 16.9. The van der Waals surface area contributed by atoms with Crippen molar-refractivity contribution in [2.75, 3.05) is 18.4 Å². The SMILES string of the molecule is NC(=O)c1cnc(N[C@H]2CCCNC2)c2sc(-c3cccc(F)c3)cc12. The first-order valence-corrected chi connectivity index (χ1v) is 9.39. The average Bonchev–Trinajstić information content (AvgIpc) is 3.08. The molecule has 1 aliphatic rings. The molecular formula is C19H19FN4OS. The third-order valence-corrected chi connectivity index (χ3v) is 5.76. The number of aromatic nitrogens is 1. The van der Waals surface area contributed by atoms with Gasteiger partial charge < -0.3 is 16.4 Å². The Balaban J connectivity index is 1.80. The molecule has 1 saturated heterocycles. The molecule has 26 heavy (non-hydrogen) atoms. The van der Waals surface area contributed by atoms with E-state index in [2.05, 4.69) is 15.6 Å². The number of halogens is 1. The predicted octanol–water partition coefficient (Wildman–Crippen LogP) is 3.37. The number of rotatable bonds is 4. The number of primary amides is 1. The number of thiophene rings is 1. The van der Waals surface area contributed by atoms with E-state index in [9.17, 15) is 9.18 Å². The molecule has 0 radical (unpaired) electrons. The summed E-state index contributed by atoms with van der Waals surface area (Å²) in [6, 6.07) is 8.61. The summed E-state index contributed by atoms with van der Waals surface area (Å²) in [7, 11) is 0. The number of anilines is 1. The number of carbonyl (C=O) groups is 1. The van der Waals surface area contributed by atoms with Crippen LogP contribution in [0.2, 0.25) is 0 Å². The van der Waals surface area contributed by atoms with Crippen LogP contribution in [0.3, 0.4) is 0 Å². The first-order valence-electron chi connectivity index (χ1n) is 8.57. The molecule has 7 heteroatoms. The second-order valence-electron chi connectivity index (χ2n) is 6.44. The van der Waals surface area contributed by atoms with Crippen molar-refractivity contribution in [2.45, 2.75) is 18.9 Å². The van der Waals surface area contributed by atoms with Gasteiger partial charge >= 0.3 is 0 Å². The van der Waals surface area contributed by atoms with Crippen molar-refractivity contribution in [1.82, 2.24) is 10.3 Å². The Morgan fingerprint density at radius 3 is 3.00 bits per heavy atom. The monoisotopic (exact) mass is 370 g/mol. The Labute approximate surface area is 154 Å². The van der Waals surface area contributed by atoms with Crippen LogP contribution in [0.15, 0.2) is 36.5 Å². The summed E-state index contributed by atoms with van der Waals surface area (Å²) in [5, 5.41) is 7.60. The number of carbonyl (C=O) groups excluding carboxylic acids is 1. The molecule has 0 aliphatic carbocycles. The van der Waals surface area contributed by atoms with Crippen molar-refractivity contribution in [2.24, 2.45) is 5.73 Å². The summed E-state index contributed by atoms with van der Waals surface area (Å²) < 4.78 is 14.5. The van der Waals surface area contributed by atoms with Crippen LogP contribution in [0.5, 0.6) is 0 Å². The van der Waals surface area contributed by atoms with E-state index in [4.69, 9.17) is 5.73 Å². The number of fused-ring (bicyclic) bond motifs is 1. The minimum atomic E-state index is -0.517. The molecule has 3 aromatic rings. The van der Waals surface area contributed by atoms with Gasteiger partial charge in [0.25, 0.3) is 5.91 Å². The van der Waals surface area contributed by atoms with Crippen molar-refractivity contribution in [3.05, 3.63) is 47.9 Å². The molecule has 3 heterocycles. The van der Waals surface area contributed by atoms with E-state index >= 15 is 0 Å². The van der Waals surface area contributed by atoms with Crippen LogP contribution in [-0.4, -0.2) is 30.0 Å². The molecule has 1 aromatic carbocycles. The van der Waals surface area contributed by atoms with Crippen LogP contribution in [0.1, 0.15) is 23.2 Å².